The van der Waals surface area contributed by atoms with Crippen LogP contribution in [0.3, 0.4) is 0 Å². The van der Waals surface area contributed by atoms with E-state index in [9.17, 15) is 9.59 Å². The van der Waals surface area contributed by atoms with Crippen molar-refractivity contribution in [3.05, 3.63) is 12.2 Å². The summed E-state index contributed by atoms with van der Waals surface area (Å²) in [5.41, 5.74) is 0.686. The molecular formula is C31H44O4. The normalized spacial score (nSPS) is 53.0. The molecule has 0 heterocycles. The van der Waals surface area contributed by atoms with Crippen molar-refractivity contribution < 1.29 is 19.1 Å². The van der Waals surface area contributed by atoms with Crippen LogP contribution in [0, 0.1) is 71.0 Å². The summed E-state index contributed by atoms with van der Waals surface area (Å²) in [5.74, 6) is 6.39. The van der Waals surface area contributed by atoms with Gasteiger partial charge in [0.25, 0.3) is 0 Å². The van der Waals surface area contributed by atoms with Gasteiger partial charge in [0.15, 0.2) is 0 Å². The lowest BCUT2D eigenvalue weighted by atomic mass is 9.49. The van der Waals surface area contributed by atoms with E-state index in [2.05, 4.69) is 13.5 Å². The van der Waals surface area contributed by atoms with Gasteiger partial charge >= 0.3 is 11.9 Å². The number of hydrogen-bond acceptors (Lipinski definition) is 4. The molecule has 8 saturated carbocycles. The zero-order valence-corrected chi connectivity index (χ0v) is 21.9. The van der Waals surface area contributed by atoms with Crippen molar-refractivity contribution in [3.8, 4) is 0 Å². The van der Waals surface area contributed by atoms with Gasteiger partial charge in [-0.3, -0.25) is 9.59 Å². The van der Waals surface area contributed by atoms with E-state index in [0.29, 0.717) is 41.4 Å². The molecule has 0 aromatic carbocycles. The number of carbonyl (C=O) groups excluding carboxylic acids is 2. The molecule has 8 aliphatic rings. The first kappa shape index (κ1) is 22.8. The molecule has 8 fully saturated rings. The van der Waals surface area contributed by atoms with Crippen molar-refractivity contribution in [2.24, 2.45) is 71.0 Å². The van der Waals surface area contributed by atoms with E-state index in [0.717, 1.165) is 42.6 Å². The molecule has 9 atom stereocenters. The fourth-order valence-electron chi connectivity index (χ4n) is 11.5. The predicted octanol–water partition coefficient (Wildman–Crippen LogP) is 6.19. The van der Waals surface area contributed by atoms with Gasteiger partial charge in [0.05, 0.1) is 11.8 Å². The van der Waals surface area contributed by atoms with Crippen molar-refractivity contribution in [2.45, 2.75) is 96.7 Å². The van der Waals surface area contributed by atoms with Crippen LogP contribution in [-0.2, 0) is 19.1 Å². The molecule has 0 radical (unpaired) electrons. The smallest absolute Gasteiger partial charge is 0.313 e. The average molecular weight is 481 g/mol. The van der Waals surface area contributed by atoms with Gasteiger partial charge in [-0.25, -0.2) is 0 Å². The molecule has 8 bridgehead atoms. The Bertz CT molecular complexity index is 908. The summed E-state index contributed by atoms with van der Waals surface area (Å²) < 4.78 is 12.8. The second kappa shape index (κ2) is 7.84. The molecule has 4 heteroatoms. The first-order valence-electron chi connectivity index (χ1n) is 14.9. The molecule has 0 aliphatic heterocycles. The molecule has 4 nitrogen and oxygen atoms in total. The first-order chi connectivity index (χ1) is 16.8. The van der Waals surface area contributed by atoms with E-state index >= 15 is 0 Å². The van der Waals surface area contributed by atoms with Crippen molar-refractivity contribution in [1.29, 1.82) is 0 Å². The van der Waals surface area contributed by atoms with Crippen molar-refractivity contribution in [2.75, 3.05) is 0 Å². The number of esters is 2. The fourth-order valence-corrected chi connectivity index (χ4v) is 11.5. The minimum atomic E-state index is -0.237. The third-order valence-electron chi connectivity index (χ3n) is 12.8. The molecule has 8 rings (SSSR count). The predicted molar refractivity (Wildman–Crippen MR) is 133 cm³/mol. The van der Waals surface area contributed by atoms with Crippen molar-refractivity contribution in [1.82, 2.24) is 0 Å². The second-order valence-electron chi connectivity index (χ2n) is 14.1. The van der Waals surface area contributed by atoms with Gasteiger partial charge in [0, 0.05) is 0 Å². The Labute approximate surface area is 211 Å². The third-order valence-corrected chi connectivity index (χ3v) is 12.8. The van der Waals surface area contributed by atoms with Gasteiger partial charge in [0.1, 0.15) is 11.7 Å². The van der Waals surface area contributed by atoms with Crippen LogP contribution in [-0.4, -0.2) is 23.6 Å². The molecule has 192 valence electrons. The van der Waals surface area contributed by atoms with E-state index in [1.807, 2.05) is 13.8 Å². The lowest BCUT2D eigenvalue weighted by molar-refractivity contribution is -0.216. The van der Waals surface area contributed by atoms with Gasteiger partial charge < -0.3 is 9.47 Å². The number of ether oxygens (including phenoxy) is 2. The Morgan fingerprint density at radius 1 is 0.886 bits per heavy atom. The van der Waals surface area contributed by atoms with Crippen molar-refractivity contribution in [3.63, 3.8) is 0 Å². The van der Waals surface area contributed by atoms with Gasteiger partial charge in [-0.2, -0.15) is 0 Å². The molecule has 0 spiro atoms. The molecule has 0 saturated heterocycles. The van der Waals surface area contributed by atoms with Crippen LogP contribution in [0.15, 0.2) is 12.2 Å². The van der Waals surface area contributed by atoms with Gasteiger partial charge in [-0.05, 0) is 137 Å². The molecule has 8 aliphatic carbocycles. The maximum absolute atomic E-state index is 13.9. The molecule has 0 amide bonds. The molecule has 0 aromatic heterocycles. The van der Waals surface area contributed by atoms with Gasteiger partial charge in [-0.1, -0.05) is 19.1 Å². The van der Waals surface area contributed by atoms with Crippen LogP contribution in [0.5, 0.6) is 0 Å². The first-order valence-corrected chi connectivity index (χ1v) is 14.9. The number of hydrogen-bond donors (Lipinski definition) is 0. The Morgan fingerprint density at radius 3 is 2.14 bits per heavy atom. The van der Waals surface area contributed by atoms with Crippen LogP contribution < -0.4 is 0 Å². The largest absolute Gasteiger partial charge is 0.462 e. The highest BCUT2D eigenvalue weighted by atomic mass is 16.6. The Morgan fingerprint density at radius 2 is 1.51 bits per heavy atom. The zero-order chi connectivity index (χ0) is 24.2. The van der Waals surface area contributed by atoms with Crippen LogP contribution in [0.25, 0.3) is 0 Å². The van der Waals surface area contributed by atoms with E-state index in [1.54, 1.807) is 0 Å². The van der Waals surface area contributed by atoms with Crippen LogP contribution >= 0.6 is 0 Å². The van der Waals surface area contributed by atoms with E-state index in [4.69, 9.17) is 9.47 Å². The standard InChI is InChI=1S/C31H44O4/c1-5-31(21-7-17-6-18(9-21)10-22(31)8-17)35-30(33)24-12-19-11-23(24)28-25-13-20(27(19)28)14-26(25)34-29(32)16(4)15(2)3/h16-28H,2,5-14H2,1,3-4H3/t16?,17?,18?,19?,20?,21?,22?,23?,24?,25?,26-,27?,28?,31?/m1/s1. The van der Waals surface area contributed by atoms with E-state index in [-0.39, 0.29) is 35.5 Å². The minimum Gasteiger partial charge on any atom is -0.462 e. The SMILES string of the molecule is C=C(C)C(C)C(=O)O[C@@H]1CC2CC1C1C3CC(CC3C(=O)OC3(CC)C4CC5CC(C4)CC3C5)C21. The second-order valence-corrected chi connectivity index (χ2v) is 14.1. The third kappa shape index (κ3) is 3.16. The van der Waals surface area contributed by atoms with E-state index in [1.165, 1.54) is 44.9 Å². The molecule has 0 aromatic rings. The minimum absolute atomic E-state index is 0.0398. The average Bonchev–Trinajstić information content (AvgIpc) is 3.59. The number of rotatable bonds is 6. The fraction of sp³-hybridized carbons (Fsp3) is 0.871. The summed E-state index contributed by atoms with van der Waals surface area (Å²) in [7, 11) is 0. The summed E-state index contributed by atoms with van der Waals surface area (Å²) in [4.78, 5) is 26.6. The lowest BCUT2D eigenvalue weighted by Gasteiger charge is -2.60. The Kier molecular flexibility index (Phi) is 5.12. The highest BCUT2D eigenvalue weighted by Gasteiger charge is 2.67. The molecule has 0 N–H and O–H groups in total. The quantitative estimate of drug-likeness (QED) is 0.258. The Balaban J connectivity index is 1.06. The van der Waals surface area contributed by atoms with E-state index < -0.39 is 0 Å². The summed E-state index contributed by atoms with van der Waals surface area (Å²) in [6.07, 6.45) is 12.1. The summed E-state index contributed by atoms with van der Waals surface area (Å²) in [5, 5.41) is 0. The maximum Gasteiger partial charge on any atom is 0.313 e. The lowest BCUT2D eigenvalue weighted by Crippen LogP contribution is -2.60. The summed E-state index contributed by atoms with van der Waals surface area (Å²) in [6, 6.07) is 0. The number of carbonyl (C=O) groups is 2. The highest BCUT2D eigenvalue weighted by molar-refractivity contribution is 5.75. The number of fused-ring (bicyclic) bond motifs is 9. The molecule has 8 unspecified atom stereocenters. The highest BCUT2D eigenvalue weighted by Crippen LogP contribution is 2.70. The topological polar surface area (TPSA) is 52.6 Å². The van der Waals surface area contributed by atoms with Crippen LogP contribution in [0.4, 0.5) is 0 Å². The molecule has 35 heavy (non-hydrogen) atoms. The zero-order valence-electron chi connectivity index (χ0n) is 21.9. The van der Waals surface area contributed by atoms with Gasteiger partial charge in [0.2, 0.25) is 0 Å². The summed E-state index contributed by atoms with van der Waals surface area (Å²) in [6.45, 7) is 10.0. The summed E-state index contributed by atoms with van der Waals surface area (Å²) >= 11 is 0. The van der Waals surface area contributed by atoms with Crippen LogP contribution in [0.2, 0.25) is 0 Å². The van der Waals surface area contributed by atoms with Gasteiger partial charge in [-0.15, -0.1) is 0 Å². The van der Waals surface area contributed by atoms with Crippen LogP contribution in [0.1, 0.15) is 85.0 Å². The maximum atomic E-state index is 13.9. The Hall–Kier alpha value is -1.32. The van der Waals surface area contributed by atoms with Crippen molar-refractivity contribution >= 4 is 11.9 Å². The molecular weight excluding hydrogens is 436 g/mol. The monoisotopic (exact) mass is 480 g/mol.